The molecule has 0 bridgehead atoms. The van der Waals surface area contributed by atoms with Crippen LogP contribution in [0.3, 0.4) is 0 Å². The summed E-state index contributed by atoms with van der Waals surface area (Å²) in [5.74, 6) is 1.20. The topological polar surface area (TPSA) is 58.6 Å². The Labute approximate surface area is 139 Å². The van der Waals surface area contributed by atoms with E-state index in [9.17, 15) is 9.90 Å². The summed E-state index contributed by atoms with van der Waals surface area (Å²) < 4.78 is 5.15. The van der Waals surface area contributed by atoms with Gasteiger partial charge in [-0.25, -0.2) is 0 Å². The van der Waals surface area contributed by atoms with Crippen LogP contribution in [-0.2, 0) is 0 Å². The monoisotopic (exact) mass is 319 g/mol. The van der Waals surface area contributed by atoms with E-state index in [-0.39, 0.29) is 17.9 Å². The lowest BCUT2D eigenvalue weighted by Gasteiger charge is -2.31. The van der Waals surface area contributed by atoms with Gasteiger partial charge < -0.3 is 15.2 Å². The summed E-state index contributed by atoms with van der Waals surface area (Å²) in [5.41, 5.74) is 0.673. The molecule has 0 amide bonds. The number of ketones is 1. The minimum Gasteiger partial charge on any atom is -0.497 e. The fraction of sp³-hybridized carbons (Fsp3) is 0.632. The van der Waals surface area contributed by atoms with Crippen LogP contribution in [0.25, 0.3) is 0 Å². The van der Waals surface area contributed by atoms with Gasteiger partial charge in [-0.15, -0.1) is 0 Å². The van der Waals surface area contributed by atoms with E-state index in [0.717, 1.165) is 12.8 Å². The molecule has 2 atom stereocenters. The van der Waals surface area contributed by atoms with E-state index in [2.05, 4.69) is 5.32 Å². The minimum absolute atomic E-state index is 0.0243. The lowest BCUT2D eigenvalue weighted by atomic mass is 9.83. The highest BCUT2D eigenvalue weighted by atomic mass is 16.5. The first-order chi connectivity index (χ1) is 11.1. The number of benzene rings is 1. The first-order valence-electron chi connectivity index (χ1n) is 8.70. The van der Waals surface area contributed by atoms with Crippen molar-refractivity contribution in [2.75, 3.05) is 13.7 Å². The van der Waals surface area contributed by atoms with Gasteiger partial charge >= 0.3 is 0 Å². The summed E-state index contributed by atoms with van der Waals surface area (Å²) in [6.45, 7) is 2.59. The molecule has 0 aromatic heterocycles. The number of hydrogen-bond acceptors (Lipinski definition) is 4. The second-order valence-corrected chi connectivity index (χ2v) is 6.54. The van der Waals surface area contributed by atoms with Gasteiger partial charge in [0, 0.05) is 24.6 Å². The van der Waals surface area contributed by atoms with Crippen LogP contribution in [0.4, 0.5) is 0 Å². The molecule has 1 fully saturated rings. The smallest absolute Gasteiger partial charge is 0.164 e. The fourth-order valence-corrected chi connectivity index (χ4v) is 3.36. The average Bonchev–Trinajstić information content (AvgIpc) is 2.61. The summed E-state index contributed by atoms with van der Waals surface area (Å²) >= 11 is 0. The number of Topliss-reactive ketones (excluding diaryl/α,β-unsaturated/α-hetero) is 1. The lowest BCUT2D eigenvalue weighted by Crippen LogP contribution is -2.43. The fourth-order valence-electron chi connectivity index (χ4n) is 3.36. The van der Waals surface area contributed by atoms with Gasteiger partial charge in [0.05, 0.1) is 13.2 Å². The Kier molecular flexibility index (Phi) is 7.06. The zero-order chi connectivity index (χ0) is 16.7. The molecule has 0 aliphatic heterocycles. The molecule has 0 saturated heterocycles. The summed E-state index contributed by atoms with van der Waals surface area (Å²) in [6, 6.07) is 7.26. The molecule has 23 heavy (non-hydrogen) atoms. The maximum absolute atomic E-state index is 12.2. The Morgan fingerprint density at radius 1 is 1.35 bits per heavy atom. The molecule has 1 aromatic rings. The van der Waals surface area contributed by atoms with Crippen molar-refractivity contribution in [3.63, 3.8) is 0 Å². The number of carbonyl (C=O) groups excluding carboxylic acids is 1. The second-order valence-electron chi connectivity index (χ2n) is 6.54. The summed E-state index contributed by atoms with van der Waals surface area (Å²) in [7, 11) is 1.60. The number of ether oxygens (including phenoxy) is 1. The molecule has 4 heteroatoms. The maximum atomic E-state index is 12.2. The van der Waals surface area contributed by atoms with Crippen molar-refractivity contribution in [3.8, 4) is 5.75 Å². The second kappa shape index (κ2) is 9.04. The third kappa shape index (κ3) is 5.33. The molecule has 0 spiro atoms. The molecule has 1 aliphatic carbocycles. The summed E-state index contributed by atoms with van der Waals surface area (Å²) in [4.78, 5) is 12.2. The Hall–Kier alpha value is -1.39. The molecule has 2 unspecified atom stereocenters. The van der Waals surface area contributed by atoms with Crippen molar-refractivity contribution in [3.05, 3.63) is 29.8 Å². The molecular weight excluding hydrogens is 290 g/mol. The molecular formula is C19H29NO3. The van der Waals surface area contributed by atoms with Crippen molar-refractivity contribution in [2.45, 2.75) is 57.6 Å². The Morgan fingerprint density at radius 2 is 2.09 bits per heavy atom. The number of carbonyl (C=O) groups is 1. The van der Waals surface area contributed by atoms with E-state index >= 15 is 0 Å². The first kappa shape index (κ1) is 18.0. The van der Waals surface area contributed by atoms with Gasteiger partial charge in [0.25, 0.3) is 0 Å². The van der Waals surface area contributed by atoms with Gasteiger partial charge in [-0.1, -0.05) is 31.4 Å². The van der Waals surface area contributed by atoms with Crippen molar-refractivity contribution in [1.29, 1.82) is 0 Å². The third-order valence-electron chi connectivity index (χ3n) is 4.86. The van der Waals surface area contributed by atoms with Gasteiger partial charge in [0.2, 0.25) is 0 Å². The van der Waals surface area contributed by atoms with Gasteiger partial charge in [0.1, 0.15) is 5.75 Å². The van der Waals surface area contributed by atoms with E-state index < -0.39 is 0 Å². The molecule has 2 N–H and O–H groups in total. The molecule has 1 aliphatic rings. The van der Waals surface area contributed by atoms with Crippen molar-refractivity contribution in [1.82, 2.24) is 5.32 Å². The Bertz CT molecular complexity index is 497. The van der Waals surface area contributed by atoms with E-state index in [1.165, 1.54) is 19.3 Å². The normalized spacial score (nSPS) is 18.4. The van der Waals surface area contributed by atoms with Gasteiger partial charge in [-0.2, -0.15) is 0 Å². The number of methoxy groups -OCH3 is 1. The molecule has 0 radical (unpaired) electrons. The zero-order valence-corrected chi connectivity index (χ0v) is 14.3. The van der Waals surface area contributed by atoms with Crippen molar-refractivity contribution in [2.24, 2.45) is 5.92 Å². The molecule has 2 rings (SSSR count). The van der Waals surface area contributed by atoms with Crippen molar-refractivity contribution >= 4 is 5.78 Å². The molecule has 1 saturated carbocycles. The molecule has 128 valence electrons. The van der Waals surface area contributed by atoms with Crippen LogP contribution in [0.1, 0.15) is 55.8 Å². The standard InChI is InChI=1S/C19H29NO3/c1-14(19(22)15-7-4-3-5-8-15)20-12-11-18(21)16-9-6-10-17(13-16)23-2/h6,9-10,13-15,19-20,22H,3-5,7-8,11-12H2,1-2H3. The summed E-state index contributed by atoms with van der Waals surface area (Å²) in [5, 5.41) is 13.7. The van der Waals surface area contributed by atoms with E-state index in [0.29, 0.717) is 30.2 Å². The van der Waals surface area contributed by atoms with Crippen LogP contribution in [0, 0.1) is 5.92 Å². The van der Waals surface area contributed by atoms with Crippen LogP contribution in [0.2, 0.25) is 0 Å². The maximum Gasteiger partial charge on any atom is 0.164 e. The number of nitrogens with one attached hydrogen (secondary N) is 1. The largest absolute Gasteiger partial charge is 0.497 e. The highest BCUT2D eigenvalue weighted by Crippen LogP contribution is 2.27. The summed E-state index contributed by atoms with van der Waals surface area (Å²) in [6.07, 6.45) is 6.09. The Balaban J connectivity index is 1.75. The van der Waals surface area contributed by atoms with E-state index in [1.807, 2.05) is 25.1 Å². The number of hydrogen-bond donors (Lipinski definition) is 2. The number of rotatable bonds is 8. The van der Waals surface area contributed by atoms with Crippen LogP contribution in [0.15, 0.2) is 24.3 Å². The van der Waals surface area contributed by atoms with Gasteiger partial charge in [-0.3, -0.25) is 4.79 Å². The molecule has 0 heterocycles. The van der Waals surface area contributed by atoms with Crippen LogP contribution in [-0.4, -0.2) is 36.7 Å². The molecule has 1 aromatic carbocycles. The highest BCUT2D eigenvalue weighted by molar-refractivity contribution is 5.96. The number of aliphatic hydroxyl groups is 1. The first-order valence-corrected chi connectivity index (χ1v) is 8.70. The average molecular weight is 319 g/mol. The Morgan fingerprint density at radius 3 is 2.78 bits per heavy atom. The van der Waals surface area contributed by atoms with Crippen molar-refractivity contribution < 1.29 is 14.6 Å². The third-order valence-corrected chi connectivity index (χ3v) is 4.86. The van der Waals surface area contributed by atoms with Crippen LogP contribution < -0.4 is 10.1 Å². The van der Waals surface area contributed by atoms with Gasteiger partial charge in [-0.05, 0) is 37.8 Å². The van der Waals surface area contributed by atoms with E-state index in [4.69, 9.17) is 4.74 Å². The minimum atomic E-state index is -0.317. The highest BCUT2D eigenvalue weighted by Gasteiger charge is 2.25. The predicted molar refractivity (Wildman–Crippen MR) is 92.0 cm³/mol. The van der Waals surface area contributed by atoms with Crippen LogP contribution in [0.5, 0.6) is 5.75 Å². The molecule has 4 nitrogen and oxygen atoms in total. The zero-order valence-electron chi connectivity index (χ0n) is 14.3. The van der Waals surface area contributed by atoms with Gasteiger partial charge in [0.15, 0.2) is 5.78 Å². The number of aliphatic hydroxyl groups excluding tert-OH is 1. The quantitative estimate of drug-likeness (QED) is 0.723. The van der Waals surface area contributed by atoms with Crippen LogP contribution >= 0.6 is 0 Å². The predicted octanol–water partition coefficient (Wildman–Crippen LogP) is 3.19. The SMILES string of the molecule is COc1cccc(C(=O)CCNC(C)C(O)C2CCCCC2)c1. The lowest BCUT2D eigenvalue weighted by molar-refractivity contribution is 0.0553. The van der Waals surface area contributed by atoms with E-state index in [1.54, 1.807) is 13.2 Å².